The van der Waals surface area contributed by atoms with Crippen LogP contribution in [-0.2, 0) is 11.2 Å². The third-order valence-corrected chi connectivity index (χ3v) is 4.23. The minimum absolute atomic E-state index is 0.253. The van der Waals surface area contributed by atoms with Crippen molar-refractivity contribution < 1.29 is 4.79 Å². The molecule has 0 aliphatic carbocycles. The van der Waals surface area contributed by atoms with Gasteiger partial charge >= 0.3 is 0 Å². The standard InChI is InChI=1S/C17H26N2O/c1-3-14(2)18-13-17(20)19-11-7-10-16(19)12-15-8-5-4-6-9-15/h4-6,8-9,14,16,18H,3,7,10-13H2,1-2H3. The molecule has 3 heteroatoms. The second kappa shape index (κ2) is 7.44. The van der Waals surface area contributed by atoms with Crippen LogP contribution < -0.4 is 5.32 Å². The lowest BCUT2D eigenvalue weighted by molar-refractivity contribution is -0.131. The average molecular weight is 274 g/mol. The van der Waals surface area contributed by atoms with Crippen molar-refractivity contribution in [1.29, 1.82) is 0 Å². The van der Waals surface area contributed by atoms with E-state index >= 15 is 0 Å². The van der Waals surface area contributed by atoms with Gasteiger partial charge in [0.1, 0.15) is 0 Å². The maximum absolute atomic E-state index is 12.3. The first-order chi connectivity index (χ1) is 9.70. The van der Waals surface area contributed by atoms with Gasteiger partial charge in [-0.1, -0.05) is 37.3 Å². The van der Waals surface area contributed by atoms with Crippen LogP contribution in [0.5, 0.6) is 0 Å². The Hall–Kier alpha value is -1.35. The molecule has 1 heterocycles. The Morgan fingerprint density at radius 1 is 1.40 bits per heavy atom. The highest BCUT2D eigenvalue weighted by Crippen LogP contribution is 2.21. The Morgan fingerprint density at radius 2 is 2.15 bits per heavy atom. The fourth-order valence-electron chi connectivity index (χ4n) is 2.77. The van der Waals surface area contributed by atoms with Crippen molar-refractivity contribution in [2.45, 2.75) is 51.6 Å². The predicted octanol–water partition coefficient (Wildman–Crippen LogP) is 2.61. The zero-order valence-electron chi connectivity index (χ0n) is 12.6. The molecule has 0 aromatic heterocycles. The Balaban J connectivity index is 1.88. The highest BCUT2D eigenvalue weighted by molar-refractivity contribution is 5.79. The number of hydrogen-bond donors (Lipinski definition) is 1. The smallest absolute Gasteiger partial charge is 0.236 e. The van der Waals surface area contributed by atoms with Gasteiger partial charge in [0, 0.05) is 18.6 Å². The number of nitrogens with one attached hydrogen (secondary N) is 1. The fraction of sp³-hybridized carbons (Fsp3) is 0.588. The zero-order chi connectivity index (χ0) is 14.4. The summed E-state index contributed by atoms with van der Waals surface area (Å²) < 4.78 is 0. The summed E-state index contributed by atoms with van der Waals surface area (Å²) in [5, 5.41) is 3.30. The number of rotatable bonds is 6. The molecule has 2 atom stereocenters. The fourth-order valence-corrected chi connectivity index (χ4v) is 2.77. The Labute approximate surface area is 122 Å². The van der Waals surface area contributed by atoms with Crippen molar-refractivity contribution in [3.63, 3.8) is 0 Å². The van der Waals surface area contributed by atoms with Crippen LogP contribution in [0.3, 0.4) is 0 Å². The lowest BCUT2D eigenvalue weighted by Gasteiger charge is -2.25. The number of benzene rings is 1. The number of carbonyl (C=O) groups excluding carboxylic acids is 1. The quantitative estimate of drug-likeness (QED) is 0.865. The van der Waals surface area contributed by atoms with E-state index in [-0.39, 0.29) is 5.91 Å². The van der Waals surface area contributed by atoms with E-state index in [1.807, 2.05) is 6.07 Å². The summed E-state index contributed by atoms with van der Waals surface area (Å²) in [7, 11) is 0. The van der Waals surface area contributed by atoms with E-state index in [1.54, 1.807) is 0 Å². The third-order valence-electron chi connectivity index (χ3n) is 4.23. The van der Waals surface area contributed by atoms with Gasteiger partial charge in [0.25, 0.3) is 0 Å². The van der Waals surface area contributed by atoms with Crippen LogP contribution in [0.2, 0.25) is 0 Å². The normalized spacial score (nSPS) is 20.1. The molecule has 1 fully saturated rings. The number of amides is 1. The van der Waals surface area contributed by atoms with E-state index < -0.39 is 0 Å². The van der Waals surface area contributed by atoms with Crippen LogP contribution in [0.15, 0.2) is 30.3 Å². The summed E-state index contributed by atoms with van der Waals surface area (Å²) in [5.74, 6) is 0.253. The second-order valence-corrected chi connectivity index (χ2v) is 5.76. The zero-order valence-corrected chi connectivity index (χ0v) is 12.6. The summed E-state index contributed by atoms with van der Waals surface area (Å²) in [5.41, 5.74) is 1.33. The summed E-state index contributed by atoms with van der Waals surface area (Å²) in [4.78, 5) is 14.4. The molecule has 0 radical (unpaired) electrons. The van der Waals surface area contributed by atoms with Crippen LogP contribution in [0, 0.1) is 0 Å². The van der Waals surface area contributed by atoms with E-state index in [4.69, 9.17) is 0 Å². The summed E-state index contributed by atoms with van der Waals surface area (Å²) in [6, 6.07) is 11.3. The molecule has 20 heavy (non-hydrogen) atoms. The molecule has 0 saturated carbocycles. The minimum atomic E-state index is 0.253. The third kappa shape index (κ3) is 4.07. The molecule has 2 unspecified atom stereocenters. The molecule has 3 nitrogen and oxygen atoms in total. The Kier molecular flexibility index (Phi) is 5.60. The maximum Gasteiger partial charge on any atom is 0.236 e. The minimum Gasteiger partial charge on any atom is -0.338 e. The molecule has 1 aromatic carbocycles. The number of carbonyl (C=O) groups is 1. The highest BCUT2D eigenvalue weighted by atomic mass is 16.2. The first-order valence-corrected chi connectivity index (χ1v) is 7.77. The van der Waals surface area contributed by atoms with Gasteiger partial charge in [-0.15, -0.1) is 0 Å². The van der Waals surface area contributed by atoms with Crippen LogP contribution >= 0.6 is 0 Å². The first kappa shape index (κ1) is 15.0. The van der Waals surface area contributed by atoms with Crippen molar-refractivity contribution >= 4 is 5.91 Å². The van der Waals surface area contributed by atoms with Gasteiger partial charge in [-0.3, -0.25) is 4.79 Å². The summed E-state index contributed by atoms with van der Waals surface area (Å²) >= 11 is 0. The van der Waals surface area contributed by atoms with Crippen molar-refractivity contribution in [1.82, 2.24) is 10.2 Å². The van der Waals surface area contributed by atoms with Gasteiger partial charge in [-0.2, -0.15) is 0 Å². The van der Waals surface area contributed by atoms with Crippen LogP contribution in [0.1, 0.15) is 38.7 Å². The lowest BCUT2D eigenvalue weighted by atomic mass is 10.0. The Bertz CT molecular complexity index is 418. The molecule has 1 aliphatic rings. The number of hydrogen-bond acceptors (Lipinski definition) is 2. The molecule has 1 aromatic rings. The van der Waals surface area contributed by atoms with E-state index in [1.165, 1.54) is 5.56 Å². The van der Waals surface area contributed by atoms with E-state index in [0.29, 0.717) is 18.6 Å². The topological polar surface area (TPSA) is 32.3 Å². The van der Waals surface area contributed by atoms with Gasteiger partial charge in [-0.25, -0.2) is 0 Å². The van der Waals surface area contributed by atoms with Gasteiger partial charge in [-0.05, 0) is 38.2 Å². The van der Waals surface area contributed by atoms with Crippen LogP contribution in [0.4, 0.5) is 0 Å². The van der Waals surface area contributed by atoms with Crippen molar-refractivity contribution in [2.75, 3.05) is 13.1 Å². The average Bonchev–Trinajstić information content (AvgIpc) is 2.93. The molecule has 2 rings (SSSR count). The van der Waals surface area contributed by atoms with Crippen molar-refractivity contribution in [3.8, 4) is 0 Å². The SMILES string of the molecule is CCC(C)NCC(=O)N1CCCC1Cc1ccccc1. The highest BCUT2D eigenvalue weighted by Gasteiger charge is 2.28. The molecular formula is C17H26N2O. The van der Waals surface area contributed by atoms with Gasteiger partial charge in [0.05, 0.1) is 6.54 Å². The molecule has 1 aliphatic heterocycles. The van der Waals surface area contributed by atoms with Crippen molar-refractivity contribution in [2.24, 2.45) is 0 Å². The summed E-state index contributed by atoms with van der Waals surface area (Å²) in [6.07, 6.45) is 4.30. The predicted molar refractivity (Wildman–Crippen MR) is 82.6 cm³/mol. The maximum atomic E-state index is 12.3. The largest absolute Gasteiger partial charge is 0.338 e. The molecule has 1 saturated heterocycles. The molecular weight excluding hydrogens is 248 g/mol. The van der Waals surface area contributed by atoms with E-state index in [0.717, 1.165) is 32.2 Å². The van der Waals surface area contributed by atoms with Gasteiger partial charge in [0.15, 0.2) is 0 Å². The molecule has 0 bridgehead atoms. The van der Waals surface area contributed by atoms with E-state index in [9.17, 15) is 4.79 Å². The molecule has 0 spiro atoms. The van der Waals surface area contributed by atoms with Crippen LogP contribution in [-0.4, -0.2) is 36.0 Å². The molecule has 1 amide bonds. The van der Waals surface area contributed by atoms with Crippen molar-refractivity contribution in [3.05, 3.63) is 35.9 Å². The first-order valence-electron chi connectivity index (χ1n) is 7.77. The number of likely N-dealkylation sites (tertiary alicyclic amines) is 1. The lowest BCUT2D eigenvalue weighted by Crippen LogP contribution is -2.43. The number of nitrogens with zero attached hydrogens (tertiary/aromatic N) is 1. The second-order valence-electron chi connectivity index (χ2n) is 5.76. The monoisotopic (exact) mass is 274 g/mol. The van der Waals surface area contributed by atoms with E-state index in [2.05, 4.69) is 48.3 Å². The molecule has 1 N–H and O–H groups in total. The van der Waals surface area contributed by atoms with Gasteiger partial charge in [0.2, 0.25) is 5.91 Å². The summed E-state index contributed by atoms with van der Waals surface area (Å²) in [6.45, 7) is 5.65. The van der Waals surface area contributed by atoms with Crippen LogP contribution in [0.25, 0.3) is 0 Å². The molecule has 110 valence electrons. The Morgan fingerprint density at radius 3 is 2.85 bits per heavy atom. The van der Waals surface area contributed by atoms with Gasteiger partial charge < -0.3 is 10.2 Å².